The number of rotatable bonds is 3. The molecule has 2 aromatic heterocycles. The van der Waals surface area contributed by atoms with E-state index >= 15 is 0 Å². The van der Waals surface area contributed by atoms with Gasteiger partial charge >= 0.3 is 0 Å². The van der Waals surface area contributed by atoms with Crippen LogP contribution in [0.2, 0.25) is 5.28 Å². The second-order valence-corrected chi connectivity index (χ2v) is 5.02. The van der Waals surface area contributed by atoms with Crippen molar-refractivity contribution in [1.29, 1.82) is 5.26 Å². The van der Waals surface area contributed by atoms with Gasteiger partial charge in [0.1, 0.15) is 0 Å². The molecule has 0 aliphatic carbocycles. The second-order valence-electron chi connectivity index (χ2n) is 4.68. The van der Waals surface area contributed by atoms with Gasteiger partial charge in [-0.1, -0.05) is 0 Å². The lowest BCUT2D eigenvalue weighted by molar-refractivity contribution is 0.181. The number of nitriles is 1. The van der Waals surface area contributed by atoms with Crippen LogP contribution in [0.4, 0.5) is 0 Å². The van der Waals surface area contributed by atoms with Crippen molar-refractivity contribution >= 4 is 11.6 Å². The molecule has 1 N–H and O–H groups in total. The largest absolute Gasteiger partial charge is 0.344 e. The van der Waals surface area contributed by atoms with Crippen LogP contribution in [0.15, 0.2) is 30.7 Å². The minimum atomic E-state index is -0.121. The monoisotopic (exact) mass is 273 g/mol. The summed E-state index contributed by atoms with van der Waals surface area (Å²) in [6.45, 7) is 1.64. The molecule has 1 fully saturated rings. The average Bonchev–Trinajstić information content (AvgIpc) is 2.83. The summed E-state index contributed by atoms with van der Waals surface area (Å²) in [7, 11) is 0. The van der Waals surface area contributed by atoms with Crippen LogP contribution in [0.5, 0.6) is 0 Å². The molecule has 0 atom stereocenters. The zero-order chi connectivity index (χ0) is 13.3. The number of nitrogens with one attached hydrogen (secondary N) is 1. The van der Waals surface area contributed by atoms with Gasteiger partial charge in [0.2, 0.25) is 5.28 Å². The van der Waals surface area contributed by atoms with E-state index in [1.807, 2.05) is 24.5 Å². The molecule has 1 aliphatic heterocycles. The van der Waals surface area contributed by atoms with Gasteiger partial charge in [-0.2, -0.15) is 5.26 Å². The van der Waals surface area contributed by atoms with Crippen LogP contribution in [0.1, 0.15) is 6.42 Å². The molecule has 3 heterocycles. The van der Waals surface area contributed by atoms with Gasteiger partial charge in [-0.05, 0) is 23.7 Å². The smallest absolute Gasteiger partial charge is 0.222 e. The molecule has 5 nitrogen and oxygen atoms in total. The minimum absolute atomic E-state index is 0.121. The van der Waals surface area contributed by atoms with Crippen molar-refractivity contribution in [2.45, 2.75) is 12.0 Å². The summed E-state index contributed by atoms with van der Waals surface area (Å²) in [6.07, 6.45) is 6.14. The molecule has 0 saturated carbocycles. The molecular weight excluding hydrogens is 262 g/mol. The SMILES string of the molecule is N#CCC1(n2ccc(-c3ccnc(Cl)n3)c2)CNC1. The Hall–Kier alpha value is -1.90. The summed E-state index contributed by atoms with van der Waals surface area (Å²) in [5.74, 6) is 0. The highest BCUT2D eigenvalue weighted by atomic mass is 35.5. The first-order valence-electron chi connectivity index (χ1n) is 5.99. The molecule has 0 aromatic carbocycles. The fraction of sp³-hybridized carbons (Fsp3) is 0.308. The summed E-state index contributed by atoms with van der Waals surface area (Å²) in [6, 6.07) is 6.06. The standard InChI is InChI=1S/C13H12ClN5/c14-12-17-5-1-11(18-12)10-2-6-19(7-10)13(3-4-15)8-16-9-13/h1-2,5-7,16H,3,8-9H2. The van der Waals surface area contributed by atoms with Gasteiger partial charge in [0.25, 0.3) is 0 Å². The third-order valence-corrected chi connectivity index (χ3v) is 3.66. The number of nitrogens with zero attached hydrogens (tertiary/aromatic N) is 4. The number of hydrogen-bond acceptors (Lipinski definition) is 4. The van der Waals surface area contributed by atoms with Crippen LogP contribution in [-0.4, -0.2) is 27.6 Å². The van der Waals surface area contributed by atoms with Gasteiger partial charge < -0.3 is 9.88 Å². The fourth-order valence-corrected chi connectivity index (χ4v) is 2.45. The third kappa shape index (κ3) is 2.09. The van der Waals surface area contributed by atoms with Crippen LogP contribution in [0, 0.1) is 11.3 Å². The topological polar surface area (TPSA) is 66.5 Å². The molecule has 1 aliphatic rings. The molecule has 0 bridgehead atoms. The fourth-order valence-electron chi connectivity index (χ4n) is 2.30. The Morgan fingerprint density at radius 1 is 1.47 bits per heavy atom. The summed E-state index contributed by atoms with van der Waals surface area (Å²) in [5, 5.41) is 12.4. The van der Waals surface area contributed by atoms with Gasteiger partial charge in [-0.15, -0.1) is 0 Å². The predicted octanol–water partition coefficient (Wildman–Crippen LogP) is 1.81. The first kappa shape index (κ1) is 12.2. The molecule has 0 radical (unpaired) electrons. The summed E-state index contributed by atoms with van der Waals surface area (Å²) >= 11 is 5.80. The van der Waals surface area contributed by atoms with E-state index in [0.717, 1.165) is 24.3 Å². The lowest BCUT2D eigenvalue weighted by atomic mass is 9.89. The van der Waals surface area contributed by atoms with E-state index in [2.05, 4.69) is 25.9 Å². The normalized spacial score (nSPS) is 16.6. The van der Waals surface area contributed by atoms with E-state index in [0.29, 0.717) is 6.42 Å². The number of aromatic nitrogens is 3. The van der Waals surface area contributed by atoms with Crippen molar-refractivity contribution in [3.63, 3.8) is 0 Å². The Labute approximate surface area is 115 Å². The van der Waals surface area contributed by atoms with Gasteiger partial charge in [-0.3, -0.25) is 0 Å². The molecule has 96 valence electrons. The highest BCUT2D eigenvalue weighted by molar-refractivity contribution is 6.28. The average molecular weight is 274 g/mol. The molecule has 3 rings (SSSR count). The Bertz CT molecular complexity index is 638. The van der Waals surface area contributed by atoms with E-state index in [1.54, 1.807) is 6.20 Å². The van der Waals surface area contributed by atoms with Crippen LogP contribution < -0.4 is 5.32 Å². The van der Waals surface area contributed by atoms with Crippen LogP contribution in [0.3, 0.4) is 0 Å². The maximum absolute atomic E-state index is 8.96. The molecule has 1 saturated heterocycles. The van der Waals surface area contributed by atoms with E-state index in [-0.39, 0.29) is 10.8 Å². The lowest BCUT2D eigenvalue weighted by Gasteiger charge is -2.42. The van der Waals surface area contributed by atoms with E-state index in [9.17, 15) is 0 Å². The summed E-state index contributed by atoms with van der Waals surface area (Å²) in [5.41, 5.74) is 1.65. The molecule has 2 aromatic rings. The zero-order valence-corrected chi connectivity index (χ0v) is 10.9. The Kier molecular flexibility index (Phi) is 2.97. The quantitative estimate of drug-likeness (QED) is 0.866. The second kappa shape index (κ2) is 4.65. The van der Waals surface area contributed by atoms with Crippen LogP contribution in [-0.2, 0) is 5.54 Å². The number of halogens is 1. The van der Waals surface area contributed by atoms with Gasteiger partial charge in [0.15, 0.2) is 0 Å². The summed E-state index contributed by atoms with van der Waals surface area (Å²) in [4.78, 5) is 8.06. The number of hydrogen-bond donors (Lipinski definition) is 1. The van der Waals surface area contributed by atoms with Crippen molar-refractivity contribution in [3.05, 3.63) is 36.0 Å². The Balaban J connectivity index is 1.94. The van der Waals surface area contributed by atoms with Crippen molar-refractivity contribution < 1.29 is 0 Å². The highest BCUT2D eigenvalue weighted by Crippen LogP contribution is 2.28. The first-order chi connectivity index (χ1) is 9.23. The molecular formula is C13H12ClN5. The third-order valence-electron chi connectivity index (χ3n) is 3.48. The Morgan fingerprint density at radius 3 is 2.95 bits per heavy atom. The highest BCUT2D eigenvalue weighted by Gasteiger charge is 2.38. The van der Waals surface area contributed by atoms with Crippen molar-refractivity contribution in [2.24, 2.45) is 0 Å². The summed E-state index contributed by atoms with van der Waals surface area (Å²) < 4.78 is 2.10. The molecule has 0 unspecified atom stereocenters. The van der Waals surface area contributed by atoms with Crippen molar-refractivity contribution in [2.75, 3.05) is 13.1 Å². The van der Waals surface area contributed by atoms with Gasteiger partial charge in [0.05, 0.1) is 23.7 Å². The van der Waals surface area contributed by atoms with Gasteiger partial charge in [0, 0.05) is 37.2 Å². The Morgan fingerprint density at radius 2 is 2.32 bits per heavy atom. The van der Waals surface area contributed by atoms with E-state index in [1.165, 1.54) is 0 Å². The van der Waals surface area contributed by atoms with Crippen LogP contribution >= 0.6 is 11.6 Å². The first-order valence-corrected chi connectivity index (χ1v) is 6.36. The van der Waals surface area contributed by atoms with Crippen LogP contribution in [0.25, 0.3) is 11.3 Å². The minimum Gasteiger partial charge on any atom is -0.344 e. The molecule has 0 amide bonds. The van der Waals surface area contributed by atoms with E-state index < -0.39 is 0 Å². The van der Waals surface area contributed by atoms with Crippen molar-refractivity contribution in [1.82, 2.24) is 19.9 Å². The molecule has 19 heavy (non-hydrogen) atoms. The van der Waals surface area contributed by atoms with E-state index in [4.69, 9.17) is 16.9 Å². The molecule has 0 spiro atoms. The maximum Gasteiger partial charge on any atom is 0.222 e. The zero-order valence-electron chi connectivity index (χ0n) is 10.2. The molecule has 6 heteroatoms. The maximum atomic E-state index is 8.96. The van der Waals surface area contributed by atoms with Gasteiger partial charge in [-0.25, -0.2) is 9.97 Å². The lowest BCUT2D eigenvalue weighted by Crippen LogP contribution is -2.59. The predicted molar refractivity (Wildman–Crippen MR) is 71.5 cm³/mol. The van der Waals surface area contributed by atoms with Crippen molar-refractivity contribution in [3.8, 4) is 17.3 Å².